The van der Waals surface area contributed by atoms with Crippen molar-refractivity contribution in [2.75, 3.05) is 44.2 Å². The van der Waals surface area contributed by atoms with Crippen molar-refractivity contribution in [1.82, 2.24) is 15.2 Å². The summed E-state index contributed by atoms with van der Waals surface area (Å²) < 4.78 is 0.982. The molecule has 0 saturated carbocycles. The predicted molar refractivity (Wildman–Crippen MR) is 109 cm³/mol. The van der Waals surface area contributed by atoms with Gasteiger partial charge in [0.05, 0.1) is 6.54 Å². The summed E-state index contributed by atoms with van der Waals surface area (Å²) in [6, 6.07) is 11.7. The maximum atomic E-state index is 12.1. The molecule has 0 bridgehead atoms. The molecule has 26 heavy (non-hydrogen) atoms. The Morgan fingerprint density at radius 1 is 1.12 bits per heavy atom. The normalized spacial score (nSPS) is 15.1. The molecule has 2 aromatic rings. The first-order valence-electron chi connectivity index (χ1n) is 8.70. The molecule has 0 aliphatic carbocycles. The first-order chi connectivity index (χ1) is 12.6. The number of benzene rings is 1. The molecule has 0 spiro atoms. The standard InChI is InChI=1S/C19H22BrClN4O/c20-16-3-6-18(23-13-16)25-11-9-24(10-12-25)14-19(26)22-8-7-15-1-4-17(21)5-2-15/h1-6,13H,7-12,14H2,(H,22,26). The summed E-state index contributed by atoms with van der Waals surface area (Å²) in [5.41, 5.74) is 1.17. The number of hydrogen-bond acceptors (Lipinski definition) is 4. The van der Waals surface area contributed by atoms with Crippen LogP contribution in [0.1, 0.15) is 5.56 Å². The number of halogens is 2. The van der Waals surface area contributed by atoms with Gasteiger partial charge in [0.2, 0.25) is 5.91 Å². The van der Waals surface area contributed by atoms with Crippen LogP contribution in [0.5, 0.6) is 0 Å². The Morgan fingerprint density at radius 3 is 2.50 bits per heavy atom. The number of nitrogens with zero attached hydrogens (tertiary/aromatic N) is 3. The second-order valence-electron chi connectivity index (χ2n) is 6.32. The molecule has 2 heterocycles. The Bertz CT molecular complexity index is 715. The molecule has 0 radical (unpaired) electrons. The molecule has 1 aromatic carbocycles. The highest BCUT2D eigenvalue weighted by atomic mass is 79.9. The fraction of sp³-hybridized carbons (Fsp3) is 0.368. The van der Waals surface area contributed by atoms with Gasteiger partial charge >= 0.3 is 0 Å². The molecule has 0 unspecified atom stereocenters. The largest absolute Gasteiger partial charge is 0.355 e. The average Bonchev–Trinajstić information content (AvgIpc) is 2.65. The molecule has 3 rings (SSSR count). The van der Waals surface area contributed by atoms with Crippen molar-refractivity contribution in [3.63, 3.8) is 0 Å². The van der Waals surface area contributed by atoms with Crippen LogP contribution in [0.25, 0.3) is 0 Å². The summed E-state index contributed by atoms with van der Waals surface area (Å²) in [5, 5.41) is 3.73. The van der Waals surface area contributed by atoms with E-state index in [9.17, 15) is 4.79 Å². The zero-order valence-corrected chi connectivity index (χ0v) is 16.8. The van der Waals surface area contributed by atoms with Crippen molar-refractivity contribution in [2.45, 2.75) is 6.42 Å². The molecular formula is C19H22BrClN4O. The molecule has 1 amide bonds. The summed E-state index contributed by atoms with van der Waals surface area (Å²) in [4.78, 5) is 21.0. The molecule has 5 nitrogen and oxygen atoms in total. The number of anilines is 1. The van der Waals surface area contributed by atoms with E-state index in [1.54, 1.807) is 0 Å². The van der Waals surface area contributed by atoms with E-state index in [0.29, 0.717) is 13.1 Å². The number of rotatable bonds is 6. The monoisotopic (exact) mass is 436 g/mol. The molecule has 1 aliphatic heterocycles. The smallest absolute Gasteiger partial charge is 0.234 e. The van der Waals surface area contributed by atoms with Gasteiger partial charge in [-0.2, -0.15) is 0 Å². The van der Waals surface area contributed by atoms with E-state index >= 15 is 0 Å². The Kier molecular flexibility index (Phi) is 6.88. The van der Waals surface area contributed by atoms with Gasteiger partial charge in [-0.1, -0.05) is 23.7 Å². The quantitative estimate of drug-likeness (QED) is 0.755. The van der Waals surface area contributed by atoms with Crippen LogP contribution in [0.4, 0.5) is 5.82 Å². The third-order valence-corrected chi connectivity index (χ3v) is 5.15. The van der Waals surface area contributed by atoms with E-state index in [0.717, 1.165) is 47.9 Å². The third kappa shape index (κ3) is 5.69. The Morgan fingerprint density at radius 2 is 1.85 bits per heavy atom. The van der Waals surface area contributed by atoms with Gasteiger partial charge in [-0.05, 0) is 52.2 Å². The van der Waals surface area contributed by atoms with Crippen LogP contribution in [0.3, 0.4) is 0 Å². The number of carbonyl (C=O) groups is 1. The molecule has 1 fully saturated rings. The molecule has 7 heteroatoms. The number of aromatic nitrogens is 1. The molecule has 1 aromatic heterocycles. The summed E-state index contributed by atoms with van der Waals surface area (Å²) in [6.45, 7) is 4.58. The minimum Gasteiger partial charge on any atom is -0.355 e. The minimum atomic E-state index is 0.0779. The number of hydrogen-bond donors (Lipinski definition) is 1. The molecule has 138 valence electrons. The van der Waals surface area contributed by atoms with Gasteiger partial charge < -0.3 is 10.2 Å². The lowest BCUT2D eigenvalue weighted by atomic mass is 10.1. The second-order valence-corrected chi connectivity index (χ2v) is 7.68. The summed E-state index contributed by atoms with van der Waals surface area (Å²) in [7, 11) is 0. The van der Waals surface area contributed by atoms with Gasteiger partial charge in [0, 0.05) is 48.4 Å². The van der Waals surface area contributed by atoms with Crippen molar-refractivity contribution in [1.29, 1.82) is 0 Å². The number of nitrogens with one attached hydrogen (secondary N) is 1. The fourth-order valence-corrected chi connectivity index (χ4v) is 3.31. The number of carbonyl (C=O) groups excluding carboxylic acids is 1. The van der Waals surface area contributed by atoms with E-state index in [1.165, 1.54) is 5.56 Å². The van der Waals surface area contributed by atoms with Crippen LogP contribution in [-0.2, 0) is 11.2 Å². The third-order valence-electron chi connectivity index (χ3n) is 4.42. The topological polar surface area (TPSA) is 48.5 Å². The van der Waals surface area contributed by atoms with Crippen molar-refractivity contribution < 1.29 is 4.79 Å². The van der Waals surface area contributed by atoms with E-state index in [1.807, 2.05) is 42.6 Å². The van der Waals surface area contributed by atoms with Crippen LogP contribution in [-0.4, -0.2) is 55.1 Å². The predicted octanol–water partition coefficient (Wildman–Crippen LogP) is 2.98. The van der Waals surface area contributed by atoms with Gasteiger partial charge in [-0.15, -0.1) is 0 Å². The molecule has 1 aliphatic rings. The molecule has 0 atom stereocenters. The van der Waals surface area contributed by atoms with Crippen molar-refractivity contribution in [3.05, 3.63) is 57.7 Å². The van der Waals surface area contributed by atoms with Gasteiger partial charge in [-0.3, -0.25) is 9.69 Å². The molecule has 1 N–H and O–H groups in total. The molecule has 1 saturated heterocycles. The van der Waals surface area contributed by atoms with Crippen LogP contribution in [0, 0.1) is 0 Å². The highest BCUT2D eigenvalue weighted by Gasteiger charge is 2.19. The van der Waals surface area contributed by atoms with Gasteiger partial charge in [0.25, 0.3) is 0 Å². The lowest BCUT2D eigenvalue weighted by Crippen LogP contribution is -2.49. The first kappa shape index (κ1) is 19.1. The number of amides is 1. The highest BCUT2D eigenvalue weighted by molar-refractivity contribution is 9.10. The zero-order valence-electron chi connectivity index (χ0n) is 14.5. The Labute approximate surface area is 167 Å². The van der Waals surface area contributed by atoms with E-state index in [2.05, 4.69) is 36.0 Å². The van der Waals surface area contributed by atoms with E-state index in [-0.39, 0.29) is 5.91 Å². The van der Waals surface area contributed by atoms with Crippen LogP contribution >= 0.6 is 27.5 Å². The first-order valence-corrected chi connectivity index (χ1v) is 9.87. The minimum absolute atomic E-state index is 0.0779. The maximum Gasteiger partial charge on any atom is 0.234 e. The Hall–Kier alpha value is -1.63. The number of piperazine rings is 1. The molecular weight excluding hydrogens is 416 g/mol. The Balaban J connectivity index is 1.36. The summed E-state index contributed by atoms with van der Waals surface area (Å²) in [6.07, 6.45) is 2.63. The summed E-state index contributed by atoms with van der Waals surface area (Å²) >= 11 is 9.28. The summed E-state index contributed by atoms with van der Waals surface area (Å²) in [5.74, 6) is 1.06. The number of pyridine rings is 1. The van der Waals surface area contributed by atoms with Crippen LogP contribution < -0.4 is 10.2 Å². The maximum absolute atomic E-state index is 12.1. The second kappa shape index (κ2) is 9.35. The lowest BCUT2D eigenvalue weighted by molar-refractivity contribution is -0.122. The zero-order chi connectivity index (χ0) is 18.4. The lowest BCUT2D eigenvalue weighted by Gasteiger charge is -2.35. The van der Waals surface area contributed by atoms with Crippen LogP contribution in [0.15, 0.2) is 47.1 Å². The van der Waals surface area contributed by atoms with Crippen molar-refractivity contribution in [3.8, 4) is 0 Å². The van der Waals surface area contributed by atoms with Gasteiger partial charge in [-0.25, -0.2) is 4.98 Å². The van der Waals surface area contributed by atoms with E-state index < -0.39 is 0 Å². The highest BCUT2D eigenvalue weighted by Crippen LogP contribution is 2.16. The van der Waals surface area contributed by atoms with Crippen molar-refractivity contribution >= 4 is 39.3 Å². The van der Waals surface area contributed by atoms with Crippen LogP contribution in [0.2, 0.25) is 5.02 Å². The van der Waals surface area contributed by atoms with Gasteiger partial charge in [0.15, 0.2) is 0 Å². The van der Waals surface area contributed by atoms with E-state index in [4.69, 9.17) is 11.6 Å². The average molecular weight is 438 g/mol. The fourth-order valence-electron chi connectivity index (χ4n) is 2.95. The SMILES string of the molecule is O=C(CN1CCN(c2ccc(Br)cn2)CC1)NCCc1ccc(Cl)cc1. The van der Waals surface area contributed by atoms with Gasteiger partial charge in [0.1, 0.15) is 5.82 Å². The van der Waals surface area contributed by atoms with Crippen molar-refractivity contribution in [2.24, 2.45) is 0 Å².